The molecule has 0 spiro atoms. The number of aromatic nitrogens is 1. The van der Waals surface area contributed by atoms with Crippen LogP contribution < -0.4 is 5.73 Å². The third-order valence-corrected chi connectivity index (χ3v) is 1.93. The first-order chi connectivity index (χ1) is 7.04. The van der Waals surface area contributed by atoms with Crippen molar-refractivity contribution in [2.24, 2.45) is 5.73 Å². The van der Waals surface area contributed by atoms with Gasteiger partial charge in [0, 0.05) is 18.1 Å². The number of nitrogens with zero attached hydrogens (tertiary/aromatic N) is 1. The standard InChI is InChI=1S/C9H11FN2O3/c10-4-5-1-2-8(13)12-7(5)3-6(11)9(14)15/h1-2,6H,3-4,11H2,(H,12,13)(H,14,15). The predicted molar refractivity (Wildman–Crippen MR) is 50.0 cm³/mol. The van der Waals surface area contributed by atoms with Crippen molar-refractivity contribution in [1.29, 1.82) is 0 Å². The van der Waals surface area contributed by atoms with Crippen LogP contribution in [0.2, 0.25) is 0 Å². The van der Waals surface area contributed by atoms with Crippen LogP contribution in [-0.2, 0) is 17.9 Å². The first kappa shape index (κ1) is 11.4. The van der Waals surface area contributed by atoms with Gasteiger partial charge in [-0.15, -0.1) is 0 Å². The second kappa shape index (κ2) is 4.70. The number of aliphatic carboxylic acids is 1. The summed E-state index contributed by atoms with van der Waals surface area (Å²) in [6, 6.07) is 1.45. The lowest BCUT2D eigenvalue weighted by Crippen LogP contribution is -2.32. The molecule has 0 bridgehead atoms. The van der Waals surface area contributed by atoms with E-state index in [1.54, 1.807) is 0 Å². The van der Waals surface area contributed by atoms with Gasteiger partial charge in [-0.05, 0) is 6.07 Å². The lowest BCUT2D eigenvalue weighted by Gasteiger charge is -2.09. The number of hydrogen-bond donors (Lipinski definition) is 3. The van der Waals surface area contributed by atoms with Gasteiger partial charge >= 0.3 is 5.97 Å². The van der Waals surface area contributed by atoms with Crippen molar-refractivity contribution in [2.45, 2.75) is 19.1 Å². The van der Waals surface area contributed by atoms with E-state index in [0.29, 0.717) is 0 Å². The Morgan fingerprint density at radius 2 is 2.27 bits per heavy atom. The van der Waals surface area contributed by atoms with E-state index in [-0.39, 0.29) is 23.6 Å². The molecule has 15 heavy (non-hydrogen) atoms. The van der Waals surface area contributed by atoms with E-state index in [1.165, 1.54) is 12.1 Å². The molecule has 0 aliphatic rings. The summed E-state index contributed by atoms with van der Waals surface area (Å²) in [6.45, 7) is -0.769. The summed E-state index contributed by atoms with van der Waals surface area (Å²) >= 11 is 0. The van der Waals surface area contributed by atoms with Gasteiger partial charge in [-0.1, -0.05) is 0 Å². The molecule has 82 valence electrons. The number of rotatable bonds is 4. The molecule has 0 aliphatic carbocycles. The van der Waals surface area contributed by atoms with Crippen LogP contribution in [0.15, 0.2) is 12.1 Å². The van der Waals surface area contributed by atoms with E-state index in [2.05, 4.69) is 4.98 Å². The summed E-state index contributed by atoms with van der Waals surface area (Å²) in [4.78, 5) is 14.1. The molecule has 0 fully saturated rings. The minimum Gasteiger partial charge on any atom is -0.493 e. The Hall–Kier alpha value is -1.69. The molecule has 1 atom stereocenters. The Bertz CT molecular complexity index is 370. The van der Waals surface area contributed by atoms with Gasteiger partial charge in [0.05, 0.1) is 5.69 Å². The Balaban J connectivity index is 2.91. The van der Waals surface area contributed by atoms with Crippen molar-refractivity contribution < 1.29 is 19.4 Å². The monoisotopic (exact) mass is 214 g/mol. The zero-order valence-electron chi connectivity index (χ0n) is 7.85. The van der Waals surface area contributed by atoms with E-state index < -0.39 is 18.7 Å². The lowest BCUT2D eigenvalue weighted by atomic mass is 10.1. The van der Waals surface area contributed by atoms with E-state index in [0.717, 1.165) is 0 Å². The Labute approximate surface area is 85.4 Å². The molecule has 0 saturated heterocycles. The molecule has 0 aliphatic heterocycles. The van der Waals surface area contributed by atoms with Gasteiger partial charge in [-0.2, -0.15) is 0 Å². The van der Waals surface area contributed by atoms with Crippen molar-refractivity contribution in [2.75, 3.05) is 0 Å². The van der Waals surface area contributed by atoms with Gasteiger partial charge < -0.3 is 15.9 Å². The highest BCUT2D eigenvalue weighted by atomic mass is 19.1. The maximum absolute atomic E-state index is 12.5. The number of carbonyl (C=O) groups is 1. The van der Waals surface area contributed by atoms with Crippen LogP contribution >= 0.6 is 0 Å². The van der Waals surface area contributed by atoms with Crippen LogP contribution in [-0.4, -0.2) is 27.2 Å². The normalized spacial score (nSPS) is 12.4. The first-order valence-electron chi connectivity index (χ1n) is 4.26. The van der Waals surface area contributed by atoms with E-state index in [9.17, 15) is 9.18 Å². The fourth-order valence-electron chi connectivity index (χ4n) is 1.11. The molecule has 1 aromatic heterocycles. The van der Waals surface area contributed by atoms with Crippen LogP contribution in [0.25, 0.3) is 0 Å². The highest BCUT2D eigenvalue weighted by Crippen LogP contribution is 2.14. The topological polar surface area (TPSA) is 96.4 Å². The molecule has 0 radical (unpaired) electrons. The highest BCUT2D eigenvalue weighted by molar-refractivity contribution is 5.73. The van der Waals surface area contributed by atoms with Crippen LogP contribution in [0.4, 0.5) is 4.39 Å². The third kappa shape index (κ3) is 2.88. The van der Waals surface area contributed by atoms with Gasteiger partial charge in [0.2, 0.25) is 5.88 Å². The largest absolute Gasteiger partial charge is 0.493 e. The maximum Gasteiger partial charge on any atom is 0.320 e. The second-order valence-corrected chi connectivity index (χ2v) is 3.06. The first-order valence-corrected chi connectivity index (χ1v) is 4.26. The van der Waals surface area contributed by atoms with Gasteiger partial charge in [-0.3, -0.25) is 4.79 Å². The third-order valence-electron chi connectivity index (χ3n) is 1.93. The van der Waals surface area contributed by atoms with Crippen LogP contribution in [0.1, 0.15) is 11.3 Å². The fraction of sp³-hybridized carbons (Fsp3) is 0.333. The molecule has 1 aromatic rings. The van der Waals surface area contributed by atoms with Crippen molar-refractivity contribution in [3.63, 3.8) is 0 Å². The summed E-state index contributed by atoms with van der Waals surface area (Å²) in [5.74, 6) is -1.47. The predicted octanol–water partition coefficient (Wildman–Crippen LogP) is 0.211. The number of nitrogens with two attached hydrogens (primary N) is 1. The molecule has 0 aromatic carbocycles. The number of halogens is 1. The molecule has 1 unspecified atom stereocenters. The van der Waals surface area contributed by atoms with Crippen molar-refractivity contribution in [3.8, 4) is 5.88 Å². The Kier molecular flexibility index (Phi) is 3.56. The number of aromatic hydroxyl groups is 1. The van der Waals surface area contributed by atoms with Crippen LogP contribution in [0, 0.1) is 0 Å². The molecule has 4 N–H and O–H groups in total. The van der Waals surface area contributed by atoms with Crippen LogP contribution in [0.3, 0.4) is 0 Å². The van der Waals surface area contributed by atoms with Crippen molar-refractivity contribution in [1.82, 2.24) is 4.98 Å². The quantitative estimate of drug-likeness (QED) is 0.665. The summed E-state index contributed by atoms with van der Waals surface area (Å²) in [5.41, 5.74) is 5.69. The molecular weight excluding hydrogens is 203 g/mol. The fourth-order valence-corrected chi connectivity index (χ4v) is 1.11. The van der Waals surface area contributed by atoms with Gasteiger partial charge in [0.1, 0.15) is 12.7 Å². The average molecular weight is 214 g/mol. The minimum atomic E-state index is -1.19. The van der Waals surface area contributed by atoms with Gasteiger partial charge in [0.25, 0.3) is 0 Å². The molecule has 5 nitrogen and oxygen atoms in total. The number of carboxylic acid groups (broad SMARTS) is 1. The summed E-state index contributed by atoms with van der Waals surface area (Å²) in [6.07, 6.45) is -0.108. The Morgan fingerprint density at radius 3 is 2.80 bits per heavy atom. The molecule has 6 heteroatoms. The molecule has 0 amide bonds. The minimum absolute atomic E-state index is 0.108. The summed E-state index contributed by atoms with van der Waals surface area (Å²) in [7, 11) is 0. The van der Waals surface area contributed by atoms with E-state index >= 15 is 0 Å². The smallest absolute Gasteiger partial charge is 0.320 e. The van der Waals surface area contributed by atoms with Gasteiger partial charge in [0.15, 0.2) is 0 Å². The Morgan fingerprint density at radius 1 is 1.60 bits per heavy atom. The maximum atomic E-state index is 12.5. The lowest BCUT2D eigenvalue weighted by molar-refractivity contribution is -0.138. The number of carboxylic acids is 1. The van der Waals surface area contributed by atoms with Crippen molar-refractivity contribution in [3.05, 3.63) is 23.4 Å². The SMILES string of the molecule is NC(Cc1nc(O)ccc1CF)C(=O)O. The van der Waals surface area contributed by atoms with Crippen molar-refractivity contribution >= 4 is 5.97 Å². The summed E-state index contributed by atoms with van der Waals surface area (Å²) in [5, 5.41) is 17.6. The molecule has 1 rings (SSSR count). The zero-order valence-corrected chi connectivity index (χ0v) is 7.85. The summed E-state index contributed by atoms with van der Waals surface area (Å²) < 4.78 is 12.5. The van der Waals surface area contributed by atoms with Gasteiger partial charge in [-0.25, -0.2) is 9.37 Å². The molecular formula is C9H11FN2O3. The highest BCUT2D eigenvalue weighted by Gasteiger charge is 2.16. The number of hydrogen-bond acceptors (Lipinski definition) is 4. The second-order valence-electron chi connectivity index (χ2n) is 3.06. The number of pyridine rings is 1. The van der Waals surface area contributed by atoms with E-state index in [1.807, 2.05) is 0 Å². The van der Waals surface area contributed by atoms with Crippen LogP contribution in [0.5, 0.6) is 5.88 Å². The zero-order chi connectivity index (χ0) is 11.4. The molecule has 1 heterocycles. The molecule has 0 saturated carbocycles. The van der Waals surface area contributed by atoms with E-state index in [4.69, 9.17) is 15.9 Å². The number of alkyl halides is 1. The average Bonchev–Trinajstić information content (AvgIpc) is 2.18.